The summed E-state index contributed by atoms with van der Waals surface area (Å²) in [7, 11) is -3.26. The minimum Gasteiger partial charge on any atom is -0.305 e. The van der Waals surface area contributed by atoms with E-state index in [1.165, 1.54) is 0 Å². The summed E-state index contributed by atoms with van der Waals surface area (Å²) in [5.41, 5.74) is 3.49. The highest BCUT2D eigenvalue weighted by atomic mass is 32.2. The van der Waals surface area contributed by atoms with E-state index >= 15 is 0 Å². The zero-order valence-electron chi connectivity index (χ0n) is 15.1. The second kappa shape index (κ2) is 7.60. The van der Waals surface area contributed by atoms with Crippen LogP contribution in [0.25, 0.3) is 0 Å². The number of amides is 1. The second-order valence-electron chi connectivity index (χ2n) is 6.70. The second-order valence-corrected chi connectivity index (χ2v) is 8.62. The van der Waals surface area contributed by atoms with Crippen molar-refractivity contribution in [2.24, 2.45) is 0 Å². The fourth-order valence-electron chi connectivity index (χ4n) is 3.33. The van der Waals surface area contributed by atoms with Crippen molar-refractivity contribution in [2.75, 3.05) is 10.7 Å². The zero-order valence-corrected chi connectivity index (χ0v) is 15.9. The molecule has 6 heteroatoms. The van der Waals surface area contributed by atoms with E-state index in [9.17, 15) is 13.2 Å². The number of fused-ring (bicyclic) bond motifs is 1. The Morgan fingerprint density at radius 1 is 1.19 bits per heavy atom. The van der Waals surface area contributed by atoms with Crippen LogP contribution in [0.15, 0.2) is 48.5 Å². The highest BCUT2D eigenvalue weighted by Gasteiger charge is 2.31. The van der Waals surface area contributed by atoms with Gasteiger partial charge in [0.2, 0.25) is 10.0 Å². The lowest BCUT2D eigenvalue weighted by Crippen LogP contribution is -2.35. The predicted molar refractivity (Wildman–Crippen MR) is 104 cm³/mol. The lowest BCUT2D eigenvalue weighted by atomic mass is 10.1. The van der Waals surface area contributed by atoms with Gasteiger partial charge in [-0.15, -0.1) is 0 Å². The lowest BCUT2D eigenvalue weighted by Gasteiger charge is -2.23. The number of rotatable bonds is 6. The molecule has 1 aliphatic heterocycles. The molecule has 0 saturated heterocycles. The smallest absolute Gasteiger partial charge is 0.258 e. The number of nitrogens with one attached hydrogen (secondary N) is 1. The van der Waals surface area contributed by atoms with E-state index in [-0.39, 0.29) is 24.2 Å². The Balaban J connectivity index is 1.84. The summed E-state index contributed by atoms with van der Waals surface area (Å²) in [5, 5.41) is 0. The molecule has 26 heavy (non-hydrogen) atoms. The molecule has 5 nitrogen and oxygen atoms in total. The molecular weight excluding hydrogens is 348 g/mol. The van der Waals surface area contributed by atoms with Gasteiger partial charge in [0.15, 0.2) is 0 Å². The van der Waals surface area contributed by atoms with Crippen LogP contribution >= 0.6 is 0 Å². The highest BCUT2D eigenvalue weighted by molar-refractivity contribution is 7.89. The van der Waals surface area contributed by atoms with Gasteiger partial charge < -0.3 is 4.90 Å². The SMILES string of the molecule is CCCS(=O)(=O)NCc1ccc2c(c1)N(C(=O)c1ccccc1)[C@H](C)C2. The summed E-state index contributed by atoms with van der Waals surface area (Å²) in [6.45, 7) is 4.10. The van der Waals surface area contributed by atoms with Crippen molar-refractivity contribution >= 4 is 21.6 Å². The van der Waals surface area contributed by atoms with Crippen LogP contribution in [0.4, 0.5) is 5.69 Å². The number of nitrogens with zero attached hydrogens (tertiary/aromatic N) is 1. The first-order valence-corrected chi connectivity index (χ1v) is 10.5. The molecule has 1 amide bonds. The summed E-state index contributed by atoms with van der Waals surface area (Å²) in [6.07, 6.45) is 1.38. The molecule has 2 aromatic rings. The van der Waals surface area contributed by atoms with Crippen LogP contribution in [-0.4, -0.2) is 26.1 Å². The van der Waals surface area contributed by atoms with Gasteiger partial charge >= 0.3 is 0 Å². The summed E-state index contributed by atoms with van der Waals surface area (Å²) in [6, 6.07) is 15.1. The standard InChI is InChI=1S/C20H24N2O3S/c1-3-11-26(24,25)21-14-16-9-10-18-12-15(2)22(19(18)13-16)20(23)17-7-5-4-6-8-17/h4-10,13,15,21H,3,11-12,14H2,1-2H3/t15-/m1/s1. The van der Waals surface area contributed by atoms with Gasteiger partial charge in [-0.2, -0.15) is 0 Å². The molecule has 0 fully saturated rings. The van der Waals surface area contributed by atoms with E-state index in [4.69, 9.17) is 0 Å². The van der Waals surface area contributed by atoms with Crippen LogP contribution in [0.1, 0.15) is 41.8 Å². The van der Waals surface area contributed by atoms with Gasteiger partial charge in [-0.1, -0.05) is 37.3 Å². The molecule has 0 bridgehead atoms. The maximum atomic E-state index is 12.9. The number of hydrogen-bond donors (Lipinski definition) is 1. The highest BCUT2D eigenvalue weighted by Crippen LogP contribution is 2.34. The van der Waals surface area contributed by atoms with Crippen molar-refractivity contribution in [1.82, 2.24) is 4.72 Å². The number of hydrogen-bond acceptors (Lipinski definition) is 3. The fourth-order valence-corrected chi connectivity index (χ4v) is 4.40. The first kappa shape index (κ1) is 18.6. The van der Waals surface area contributed by atoms with E-state index in [2.05, 4.69) is 4.72 Å². The Morgan fingerprint density at radius 3 is 2.62 bits per heavy atom. The molecule has 1 atom stereocenters. The van der Waals surface area contributed by atoms with Gasteiger partial charge in [0.05, 0.1) is 5.75 Å². The molecule has 138 valence electrons. The summed E-state index contributed by atoms with van der Waals surface area (Å²) in [4.78, 5) is 14.8. The normalized spacial score (nSPS) is 16.5. The molecule has 0 radical (unpaired) electrons. The average Bonchev–Trinajstić information content (AvgIpc) is 2.95. The lowest BCUT2D eigenvalue weighted by molar-refractivity contribution is 0.0981. The molecule has 1 aliphatic rings. The summed E-state index contributed by atoms with van der Waals surface area (Å²) < 4.78 is 26.4. The van der Waals surface area contributed by atoms with Crippen molar-refractivity contribution < 1.29 is 13.2 Å². The third-order valence-corrected chi connectivity index (χ3v) is 6.10. The Morgan fingerprint density at radius 2 is 1.92 bits per heavy atom. The third-order valence-electron chi connectivity index (χ3n) is 4.57. The van der Waals surface area contributed by atoms with Gasteiger partial charge in [-0.25, -0.2) is 13.1 Å². The van der Waals surface area contributed by atoms with Crippen molar-refractivity contribution in [3.8, 4) is 0 Å². The van der Waals surface area contributed by atoms with Crippen LogP contribution in [0, 0.1) is 0 Å². The maximum Gasteiger partial charge on any atom is 0.258 e. The molecule has 1 heterocycles. The minimum absolute atomic E-state index is 0.0273. The van der Waals surface area contributed by atoms with Crippen LogP contribution in [-0.2, 0) is 23.0 Å². The molecule has 0 aliphatic carbocycles. The molecule has 0 spiro atoms. The van der Waals surface area contributed by atoms with E-state index in [0.717, 1.165) is 23.2 Å². The van der Waals surface area contributed by atoms with Crippen LogP contribution in [0.3, 0.4) is 0 Å². The minimum atomic E-state index is -3.26. The third kappa shape index (κ3) is 3.97. The van der Waals surface area contributed by atoms with E-state index in [1.54, 1.807) is 0 Å². The van der Waals surface area contributed by atoms with E-state index < -0.39 is 10.0 Å². The molecule has 0 saturated carbocycles. The predicted octanol–water partition coefficient (Wildman–Crippen LogP) is 3.11. The van der Waals surface area contributed by atoms with Crippen LogP contribution < -0.4 is 9.62 Å². The monoisotopic (exact) mass is 372 g/mol. The van der Waals surface area contributed by atoms with Crippen molar-refractivity contribution in [3.05, 3.63) is 65.2 Å². The Kier molecular flexibility index (Phi) is 5.44. The molecule has 0 aromatic heterocycles. The van der Waals surface area contributed by atoms with E-state index in [1.807, 2.05) is 67.3 Å². The van der Waals surface area contributed by atoms with Crippen molar-refractivity contribution in [2.45, 2.75) is 39.3 Å². The van der Waals surface area contributed by atoms with Gasteiger partial charge in [-0.05, 0) is 49.1 Å². The van der Waals surface area contributed by atoms with Gasteiger partial charge in [0.25, 0.3) is 5.91 Å². The Bertz CT molecular complexity index is 895. The summed E-state index contributed by atoms with van der Waals surface area (Å²) >= 11 is 0. The van der Waals surface area contributed by atoms with E-state index in [0.29, 0.717) is 12.0 Å². The Labute approximate surface area is 155 Å². The number of sulfonamides is 1. The van der Waals surface area contributed by atoms with Crippen LogP contribution in [0.2, 0.25) is 0 Å². The van der Waals surface area contributed by atoms with Crippen molar-refractivity contribution in [3.63, 3.8) is 0 Å². The van der Waals surface area contributed by atoms with Crippen molar-refractivity contribution in [1.29, 1.82) is 0 Å². The van der Waals surface area contributed by atoms with Gasteiger partial charge in [0, 0.05) is 23.8 Å². The molecular formula is C20H24N2O3S. The zero-order chi connectivity index (χ0) is 18.7. The Hall–Kier alpha value is -2.18. The maximum absolute atomic E-state index is 12.9. The molecule has 1 N–H and O–H groups in total. The largest absolute Gasteiger partial charge is 0.305 e. The molecule has 2 aromatic carbocycles. The molecule has 3 rings (SSSR count). The first-order chi connectivity index (χ1) is 12.4. The van der Waals surface area contributed by atoms with Gasteiger partial charge in [-0.3, -0.25) is 4.79 Å². The first-order valence-electron chi connectivity index (χ1n) is 8.89. The number of carbonyl (C=O) groups excluding carboxylic acids is 1. The number of anilines is 1. The van der Waals surface area contributed by atoms with Crippen LogP contribution in [0.5, 0.6) is 0 Å². The fraction of sp³-hybridized carbons (Fsp3) is 0.350. The summed E-state index contributed by atoms with van der Waals surface area (Å²) in [5.74, 6) is 0.0914. The topological polar surface area (TPSA) is 66.5 Å². The quantitative estimate of drug-likeness (QED) is 0.847. The number of carbonyl (C=O) groups is 1. The average molecular weight is 372 g/mol. The van der Waals surface area contributed by atoms with Gasteiger partial charge in [0.1, 0.15) is 0 Å². The molecule has 0 unspecified atom stereocenters. The number of benzene rings is 2.